The quantitative estimate of drug-likeness (QED) is 0.696. The predicted octanol–water partition coefficient (Wildman–Crippen LogP) is 5.31. The molecule has 2 aromatic rings. The van der Waals surface area contributed by atoms with Crippen molar-refractivity contribution in [1.29, 1.82) is 0 Å². The van der Waals surface area contributed by atoms with Gasteiger partial charge in [0.05, 0.1) is 5.92 Å². The van der Waals surface area contributed by atoms with Gasteiger partial charge in [-0.1, -0.05) is 75.0 Å². The molecule has 21 heavy (non-hydrogen) atoms. The number of rotatable bonds is 5. The standard InChI is InChI=1S/C19H22OS/c1-14(2)13-16-9-11-17(12-10-16)15(3)19(20)21-18-7-5-4-6-8-18/h4-12,14-15H,13H2,1-3H3/t15-/m0/s1. The Kier molecular flexibility index (Phi) is 5.63. The normalized spacial score (nSPS) is 12.4. The molecule has 2 heteroatoms. The third-order valence-corrected chi connectivity index (χ3v) is 4.50. The first-order chi connectivity index (χ1) is 10.1. The number of thioether (sulfide) groups is 1. The van der Waals surface area contributed by atoms with Gasteiger partial charge in [-0.05, 0) is 35.6 Å². The Morgan fingerprint density at radius 2 is 1.57 bits per heavy atom. The lowest BCUT2D eigenvalue weighted by atomic mass is 9.97. The Morgan fingerprint density at radius 1 is 0.952 bits per heavy atom. The minimum Gasteiger partial charge on any atom is -0.286 e. The maximum absolute atomic E-state index is 12.3. The van der Waals surface area contributed by atoms with Crippen LogP contribution in [0.5, 0.6) is 0 Å². The van der Waals surface area contributed by atoms with Gasteiger partial charge >= 0.3 is 0 Å². The number of hydrogen-bond donors (Lipinski definition) is 0. The van der Waals surface area contributed by atoms with E-state index in [-0.39, 0.29) is 11.0 Å². The van der Waals surface area contributed by atoms with Gasteiger partial charge in [-0.25, -0.2) is 0 Å². The highest BCUT2D eigenvalue weighted by Crippen LogP contribution is 2.28. The lowest BCUT2D eigenvalue weighted by molar-refractivity contribution is -0.111. The number of benzene rings is 2. The maximum atomic E-state index is 12.3. The average molecular weight is 298 g/mol. The van der Waals surface area contributed by atoms with Gasteiger partial charge in [-0.15, -0.1) is 0 Å². The minimum absolute atomic E-state index is 0.0803. The molecule has 0 aliphatic rings. The fourth-order valence-corrected chi connectivity index (χ4v) is 3.08. The molecule has 110 valence electrons. The first-order valence-electron chi connectivity index (χ1n) is 7.42. The van der Waals surface area contributed by atoms with Crippen LogP contribution in [-0.4, -0.2) is 5.12 Å². The molecular weight excluding hydrogens is 276 g/mol. The van der Waals surface area contributed by atoms with Crippen molar-refractivity contribution in [2.75, 3.05) is 0 Å². The van der Waals surface area contributed by atoms with Crippen molar-refractivity contribution in [3.8, 4) is 0 Å². The highest BCUT2D eigenvalue weighted by atomic mass is 32.2. The van der Waals surface area contributed by atoms with Gasteiger partial charge in [0.2, 0.25) is 5.12 Å². The third kappa shape index (κ3) is 4.75. The fraction of sp³-hybridized carbons (Fsp3) is 0.316. The van der Waals surface area contributed by atoms with Crippen molar-refractivity contribution in [2.45, 2.75) is 38.0 Å². The number of hydrogen-bond acceptors (Lipinski definition) is 2. The largest absolute Gasteiger partial charge is 0.286 e. The van der Waals surface area contributed by atoms with Crippen LogP contribution >= 0.6 is 11.8 Å². The van der Waals surface area contributed by atoms with Crippen LogP contribution in [0.2, 0.25) is 0 Å². The summed E-state index contributed by atoms with van der Waals surface area (Å²) in [5.41, 5.74) is 2.43. The fourth-order valence-electron chi connectivity index (χ4n) is 2.24. The molecule has 0 bridgehead atoms. The Labute approximate surface area is 131 Å². The summed E-state index contributed by atoms with van der Waals surface area (Å²) in [5.74, 6) is 0.576. The molecule has 0 unspecified atom stereocenters. The van der Waals surface area contributed by atoms with Gasteiger partial charge in [0, 0.05) is 4.90 Å². The molecular formula is C19H22OS. The molecule has 0 heterocycles. The van der Waals surface area contributed by atoms with Crippen molar-refractivity contribution < 1.29 is 4.79 Å². The SMILES string of the molecule is CC(C)Cc1ccc([C@H](C)C(=O)Sc2ccccc2)cc1. The highest BCUT2D eigenvalue weighted by Gasteiger charge is 2.16. The molecule has 0 amide bonds. The van der Waals surface area contributed by atoms with Crippen LogP contribution in [0.4, 0.5) is 0 Å². The average Bonchev–Trinajstić information content (AvgIpc) is 2.47. The summed E-state index contributed by atoms with van der Waals surface area (Å²) in [6.07, 6.45) is 1.08. The van der Waals surface area contributed by atoms with Crippen LogP contribution in [0, 0.1) is 5.92 Å². The van der Waals surface area contributed by atoms with Crippen LogP contribution in [0.25, 0.3) is 0 Å². The second-order valence-corrected chi connectivity index (χ2v) is 6.87. The van der Waals surface area contributed by atoms with E-state index in [2.05, 4.69) is 38.1 Å². The van der Waals surface area contributed by atoms with E-state index in [9.17, 15) is 4.79 Å². The number of carbonyl (C=O) groups excluding carboxylic acids is 1. The van der Waals surface area contributed by atoms with Crippen LogP contribution in [-0.2, 0) is 11.2 Å². The van der Waals surface area contributed by atoms with Gasteiger partial charge in [0.15, 0.2) is 0 Å². The van der Waals surface area contributed by atoms with Crippen molar-refractivity contribution in [2.24, 2.45) is 5.92 Å². The van der Waals surface area contributed by atoms with Gasteiger partial charge in [0.25, 0.3) is 0 Å². The van der Waals surface area contributed by atoms with Crippen LogP contribution in [0.3, 0.4) is 0 Å². The molecule has 0 aliphatic heterocycles. The minimum atomic E-state index is -0.0803. The zero-order valence-corrected chi connectivity index (χ0v) is 13.7. The Bertz CT molecular complexity index is 572. The van der Waals surface area contributed by atoms with E-state index in [0.29, 0.717) is 5.92 Å². The van der Waals surface area contributed by atoms with Gasteiger partial charge in [0.1, 0.15) is 0 Å². The van der Waals surface area contributed by atoms with Gasteiger partial charge < -0.3 is 0 Å². The van der Waals surface area contributed by atoms with Crippen molar-refractivity contribution >= 4 is 16.9 Å². The second kappa shape index (κ2) is 7.46. The summed E-state index contributed by atoms with van der Waals surface area (Å²) in [6.45, 7) is 6.42. The van der Waals surface area contributed by atoms with E-state index in [1.165, 1.54) is 17.3 Å². The monoisotopic (exact) mass is 298 g/mol. The third-order valence-electron chi connectivity index (χ3n) is 3.44. The molecule has 0 saturated heterocycles. The molecule has 2 aromatic carbocycles. The molecule has 0 fully saturated rings. The van der Waals surface area contributed by atoms with E-state index in [4.69, 9.17) is 0 Å². The lowest BCUT2D eigenvalue weighted by Crippen LogP contribution is -2.05. The van der Waals surface area contributed by atoms with Crippen LogP contribution in [0.15, 0.2) is 59.5 Å². The molecule has 0 aromatic heterocycles. The van der Waals surface area contributed by atoms with Crippen LogP contribution in [0.1, 0.15) is 37.8 Å². The molecule has 1 atom stereocenters. The predicted molar refractivity (Wildman–Crippen MR) is 90.7 cm³/mol. The topological polar surface area (TPSA) is 17.1 Å². The van der Waals surface area contributed by atoms with Crippen molar-refractivity contribution in [3.63, 3.8) is 0 Å². The summed E-state index contributed by atoms with van der Waals surface area (Å²) in [6, 6.07) is 18.3. The van der Waals surface area contributed by atoms with E-state index < -0.39 is 0 Å². The van der Waals surface area contributed by atoms with E-state index in [1.807, 2.05) is 37.3 Å². The Morgan fingerprint density at radius 3 is 2.14 bits per heavy atom. The molecule has 2 rings (SSSR count). The zero-order chi connectivity index (χ0) is 15.2. The summed E-state index contributed by atoms with van der Waals surface area (Å²) < 4.78 is 0. The number of carbonyl (C=O) groups is 1. The molecule has 0 N–H and O–H groups in total. The second-order valence-electron chi connectivity index (χ2n) is 5.80. The first-order valence-corrected chi connectivity index (χ1v) is 8.23. The first kappa shape index (κ1) is 15.8. The maximum Gasteiger partial charge on any atom is 0.200 e. The smallest absolute Gasteiger partial charge is 0.200 e. The molecule has 1 nitrogen and oxygen atoms in total. The molecule has 0 spiro atoms. The molecule has 0 radical (unpaired) electrons. The van der Waals surface area contributed by atoms with Crippen molar-refractivity contribution in [3.05, 3.63) is 65.7 Å². The van der Waals surface area contributed by atoms with E-state index >= 15 is 0 Å². The molecule has 0 aliphatic carbocycles. The Balaban J connectivity index is 2.02. The molecule has 0 saturated carbocycles. The zero-order valence-electron chi connectivity index (χ0n) is 12.9. The van der Waals surface area contributed by atoms with Gasteiger partial charge in [-0.2, -0.15) is 0 Å². The highest BCUT2D eigenvalue weighted by molar-refractivity contribution is 8.13. The van der Waals surface area contributed by atoms with E-state index in [0.717, 1.165) is 16.9 Å². The van der Waals surface area contributed by atoms with E-state index in [1.54, 1.807) is 0 Å². The van der Waals surface area contributed by atoms with Gasteiger partial charge in [-0.3, -0.25) is 4.79 Å². The summed E-state index contributed by atoms with van der Waals surface area (Å²) in [5, 5.41) is 0.192. The lowest BCUT2D eigenvalue weighted by Gasteiger charge is -2.12. The van der Waals surface area contributed by atoms with Crippen molar-refractivity contribution in [1.82, 2.24) is 0 Å². The van der Waals surface area contributed by atoms with Crippen LogP contribution < -0.4 is 0 Å². The summed E-state index contributed by atoms with van der Waals surface area (Å²) >= 11 is 1.32. The summed E-state index contributed by atoms with van der Waals surface area (Å²) in [4.78, 5) is 13.3. The summed E-state index contributed by atoms with van der Waals surface area (Å²) in [7, 11) is 0. The Hall–Kier alpha value is -1.54.